The van der Waals surface area contributed by atoms with E-state index in [4.69, 9.17) is 5.73 Å². The summed E-state index contributed by atoms with van der Waals surface area (Å²) in [5, 5.41) is 0. The van der Waals surface area contributed by atoms with Crippen LogP contribution in [0.3, 0.4) is 0 Å². The average molecular weight is 233 g/mol. The van der Waals surface area contributed by atoms with E-state index >= 15 is 0 Å². The van der Waals surface area contributed by atoms with Crippen LogP contribution in [0.2, 0.25) is 0 Å². The van der Waals surface area contributed by atoms with Gasteiger partial charge in [0.15, 0.2) is 0 Å². The van der Waals surface area contributed by atoms with E-state index in [1.54, 1.807) is 17.3 Å². The third-order valence-electron chi connectivity index (χ3n) is 3.66. The maximum atomic E-state index is 12.4. The van der Waals surface area contributed by atoms with Gasteiger partial charge < -0.3 is 10.6 Å². The van der Waals surface area contributed by atoms with Crippen LogP contribution in [0, 0.1) is 11.8 Å². The van der Waals surface area contributed by atoms with Crippen molar-refractivity contribution in [3.63, 3.8) is 0 Å². The Kier molecular flexibility index (Phi) is 3.74. The van der Waals surface area contributed by atoms with E-state index in [-0.39, 0.29) is 11.8 Å². The molecule has 0 bridgehead atoms. The normalized spacial score (nSPS) is 23.6. The lowest BCUT2D eigenvalue weighted by Crippen LogP contribution is -2.36. The molecule has 1 aromatic rings. The van der Waals surface area contributed by atoms with Crippen LogP contribution >= 0.6 is 0 Å². The van der Waals surface area contributed by atoms with Gasteiger partial charge in [0, 0.05) is 31.0 Å². The van der Waals surface area contributed by atoms with Crippen molar-refractivity contribution in [3.8, 4) is 0 Å². The molecule has 2 rings (SSSR count). The van der Waals surface area contributed by atoms with Crippen LogP contribution in [0.4, 0.5) is 5.69 Å². The van der Waals surface area contributed by atoms with E-state index in [1.165, 1.54) is 0 Å². The molecule has 1 amide bonds. The zero-order valence-electron chi connectivity index (χ0n) is 10.2. The third kappa shape index (κ3) is 2.47. The van der Waals surface area contributed by atoms with Crippen molar-refractivity contribution in [2.45, 2.75) is 19.3 Å². The largest absolute Gasteiger partial charge is 0.330 e. The second-order valence-corrected chi connectivity index (χ2v) is 4.64. The molecule has 1 aliphatic carbocycles. The smallest absolute Gasteiger partial charge is 0.230 e. The highest BCUT2D eigenvalue weighted by molar-refractivity contribution is 5.94. The first-order valence-corrected chi connectivity index (χ1v) is 6.11. The maximum absolute atomic E-state index is 12.4. The summed E-state index contributed by atoms with van der Waals surface area (Å²) in [6, 6.07) is 3.70. The van der Waals surface area contributed by atoms with E-state index in [0.29, 0.717) is 12.5 Å². The first kappa shape index (κ1) is 12.0. The lowest BCUT2D eigenvalue weighted by atomic mass is 9.95. The molecule has 2 N–H and O–H groups in total. The fraction of sp³-hybridized carbons (Fsp3) is 0.538. The highest BCUT2D eigenvalue weighted by Gasteiger charge is 2.33. The monoisotopic (exact) mass is 233 g/mol. The van der Waals surface area contributed by atoms with Crippen LogP contribution in [0.5, 0.6) is 0 Å². The Morgan fingerprint density at radius 2 is 2.18 bits per heavy atom. The van der Waals surface area contributed by atoms with Crippen LogP contribution in [0.1, 0.15) is 19.3 Å². The molecule has 2 atom stereocenters. The number of nitrogens with zero attached hydrogens (tertiary/aromatic N) is 2. The zero-order chi connectivity index (χ0) is 12.3. The molecule has 0 radical (unpaired) electrons. The van der Waals surface area contributed by atoms with Gasteiger partial charge in [0.2, 0.25) is 5.91 Å². The Balaban J connectivity index is 2.10. The summed E-state index contributed by atoms with van der Waals surface area (Å²) in [6.07, 6.45) is 6.57. The quantitative estimate of drug-likeness (QED) is 0.859. The number of aromatic nitrogens is 1. The van der Waals surface area contributed by atoms with Crippen molar-refractivity contribution in [2.75, 3.05) is 18.5 Å². The molecule has 4 nitrogen and oxygen atoms in total. The second-order valence-electron chi connectivity index (χ2n) is 4.64. The van der Waals surface area contributed by atoms with Crippen LogP contribution in [0.15, 0.2) is 24.5 Å². The zero-order valence-corrected chi connectivity index (χ0v) is 10.2. The molecule has 2 unspecified atom stereocenters. The minimum absolute atomic E-state index is 0.0955. The molecular formula is C13H19N3O. The van der Waals surface area contributed by atoms with Crippen molar-refractivity contribution >= 4 is 11.6 Å². The maximum Gasteiger partial charge on any atom is 0.230 e. The predicted octanol–water partition coefficient (Wildman–Crippen LogP) is 1.42. The van der Waals surface area contributed by atoms with Gasteiger partial charge in [0.1, 0.15) is 0 Å². The Hall–Kier alpha value is -1.42. The number of pyridine rings is 1. The van der Waals surface area contributed by atoms with Crippen LogP contribution in [0.25, 0.3) is 0 Å². The van der Waals surface area contributed by atoms with Gasteiger partial charge in [-0.3, -0.25) is 9.78 Å². The van der Waals surface area contributed by atoms with Gasteiger partial charge in [-0.05, 0) is 37.4 Å². The Morgan fingerprint density at radius 1 is 1.47 bits per heavy atom. The molecule has 0 aliphatic heterocycles. The summed E-state index contributed by atoms with van der Waals surface area (Å²) < 4.78 is 0. The van der Waals surface area contributed by atoms with Crippen molar-refractivity contribution < 1.29 is 4.79 Å². The number of anilines is 1. The summed E-state index contributed by atoms with van der Waals surface area (Å²) in [5.74, 6) is 0.633. The van der Waals surface area contributed by atoms with Gasteiger partial charge in [0.25, 0.3) is 0 Å². The van der Waals surface area contributed by atoms with Crippen molar-refractivity contribution in [1.29, 1.82) is 0 Å². The molecule has 17 heavy (non-hydrogen) atoms. The summed E-state index contributed by atoms with van der Waals surface area (Å²) in [4.78, 5) is 18.0. The van der Waals surface area contributed by atoms with Gasteiger partial charge in [-0.15, -0.1) is 0 Å². The number of rotatable bonds is 3. The van der Waals surface area contributed by atoms with E-state index in [1.807, 2.05) is 19.2 Å². The molecule has 1 aromatic heterocycles. The fourth-order valence-corrected chi connectivity index (χ4v) is 2.59. The summed E-state index contributed by atoms with van der Waals surface area (Å²) >= 11 is 0. The lowest BCUT2D eigenvalue weighted by Gasteiger charge is -2.24. The Morgan fingerprint density at radius 3 is 2.82 bits per heavy atom. The molecule has 1 fully saturated rings. The molecule has 92 valence electrons. The molecule has 1 aliphatic rings. The standard InChI is InChI=1S/C13H19N3O/c1-16(11-5-7-15-8-6-11)13(17)12-4-2-3-10(12)9-14/h5-8,10,12H,2-4,9,14H2,1H3. The summed E-state index contributed by atoms with van der Waals surface area (Å²) in [6.45, 7) is 0.612. The fourth-order valence-electron chi connectivity index (χ4n) is 2.59. The van der Waals surface area contributed by atoms with E-state index in [9.17, 15) is 4.79 Å². The Labute approximate surface area is 102 Å². The molecule has 0 aromatic carbocycles. The topological polar surface area (TPSA) is 59.2 Å². The van der Waals surface area contributed by atoms with Crippen molar-refractivity contribution in [3.05, 3.63) is 24.5 Å². The van der Waals surface area contributed by atoms with E-state index in [2.05, 4.69) is 4.98 Å². The highest BCUT2D eigenvalue weighted by atomic mass is 16.2. The lowest BCUT2D eigenvalue weighted by molar-refractivity contribution is -0.123. The molecule has 0 spiro atoms. The number of hydrogen-bond donors (Lipinski definition) is 1. The van der Waals surface area contributed by atoms with Gasteiger partial charge in [-0.25, -0.2) is 0 Å². The Bertz CT molecular complexity index is 380. The molecular weight excluding hydrogens is 214 g/mol. The number of hydrogen-bond acceptors (Lipinski definition) is 3. The summed E-state index contributed by atoms with van der Waals surface area (Å²) in [7, 11) is 1.82. The second kappa shape index (κ2) is 5.27. The van der Waals surface area contributed by atoms with Crippen LogP contribution < -0.4 is 10.6 Å². The van der Waals surface area contributed by atoms with Crippen LogP contribution in [-0.4, -0.2) is 24.5 Å². The SMILES string of the molecule is CN(C(=O)C1CCCC1CN)c1ccncc1. The van der Waals surface area contributed by atoms with Crippen LogP contribution in [-0.2, 0) is 4.79 Å². The molecule has 1 saturated carbocycles. The minimum atomic E-state index is 0.0955. The van der Waals surface area contributed by atoms with Gasteiger partial charge in [0.05, 0.1) is 0 Å². The van der Waals surface area contributed by atoms with E-state index < -0.39 is 0 Å². The number of carbonyl (C=O) groups is 1. The first-order valence-electron chi connectivity index (χ1n) is 6.11. The number of carbonyl (C=O) groups excluding carboxylic acids is 1. The highest BCUT2D eigenvalue weighted by Crippen LogP contribution is 2.33. The number of nitrogens with two attached hydrogens (primary N) is 1. The predicted molar refractivity (Wildman–Crippen MR) is 67.5 cm³/mol. The molecule has 1 heterocycles. The van der Waals surface area contributed by atoms with Gasteiger partial charge in [-0.1, -0.05) is 6.42 Å². The minimum Gasteiger partial charge on any atom is -0.330 e. The van der Waals surface area contributed by atoms with Crippen molar-refractivity contribution in [2.24, 2.45) is 17.6 Å². The third-order valence-corrected chi connectivity index (χ3v) is 3.66. The summed E-state index contributed by atoms with van der Waals surface area (Å²) in [5.41, 5.74) is 6.62. The molecule has 4 heteroatoms. The first-order chi connectivity index (χ1) is 8.24. The molecule has 0 saturated heterocycles. The van der Waals surface area contributed by atoms with Gasteiger partial charge >= 0.3 is 0 Å². The van der Waals surface area contributed by atoms with Crippen molar-refractivity contribution in [1.82, 2.24) is 4.98 Å². The van der Waals surface area contributed by atoms with Gasteiger partial charge in [-0.2, -0.15) is 0 Å². The number of amides is 1. The average Bonchev–Trinajstić information content (AvgIpc) is 2.86. The van der Waals surface area contributed by atoms with E-state index in [0.717, 1.165) is 24.9 Å².